The average Bonchev–Trinajstić information content (AvgIpc) is 2.10. The molecule has 1 heterocycles. The summed E-state index contributed by atoms with van der Waals surface area (Å²) in [7, 11) is 0. The van der Waals surface area contributed by atoms with Gasteiger partial charge in [-0.3, -0.25) is 0 Å². The second kappa shape index (κ2) is 3.59. The molecule has 0 saturated carbocycles. The molecule has 0 aromatic carbocycles. The fourth-order valence-corrected chi connectivity index (χ4v) is 0.803. The van der Waals surface area contributed by atoms with Gasteiger partial charge in [0.25, 0.3) is 0 Å². The van der Waals surface area contributed by atoms with E-state index in [9.17, 15) is 9.90 Å². The largest absolute Gasteiger partial charge is 1.00 e. The minimum absolute atomic E-state index is 0. The van der Waals surface area contributed by atoms with E-state index in [0.29, 0.717) is 0 Å². The molecule has 1 atom stereocenters. The van der Waals surface area contributed by atoms with Crippen LogP contribution in [0, 0.1) is 0 Å². The Morgan fingerprint density at radius 1 is 1.64 bits per heavy atom. The molecule has 11 heavy (non-hydrogen) atoms. The summed E-state index contributed by atoms with van der Waals surface area (Å²) in [5.74, 6) is -1.99. The van der Waals surface area contributed by atoms with E-state index in [-0.39, 0.29) is 25.5 Å². The van der Waals surface area contributed by atoms with E-state index in [1.165, 1.54) is 0 Å². The van der Waals surface area contributed by atoms with Crippen LogP contribution in [-0.4, -0.2) is 24.5 Å². The second-order valence-electron chi connectivity index (χ2n) is 2.64. The van der Waals surface area contributed by atoms with Gasteiger partial charge >= 0.3 is 18.9 Å². The Hall–Kier alpha value is -0.0126. The number of hydrogen-bond acceptors (Lipinski definition) is 4. The number of carboxylic acid groups (broad SMARTS) is 1. The van der Waals surface area contributed by atoms with Crippen LogP contribution in [-0.2, 0) is 14.3 Å². The van der Waals surface area contributed by atoms with Gasteiger partial charge in [0.2, 0.25) is 0 Å². The molecule has 1 aliphatic rings. The molecule has 1 rings (SSSR count). The van der Waals surface area contributed by atoms with Crippen LogP contribution >= 0.6 is 0 Å². The predicted molar refractivity (Wildman–Crippen MR) is 29.9 cm³/mol. The Morgan fingerprint density at radius 3 is 2.36 bits per heavy atom. The minimum Gasteiger partial charge on any atom is -0.547 e. The topological polar surface area (TPSA) is 58.6 Å². The van der Waals surface area contributed by atoms with Crippen molar-refractivity contribution in [1.82, 2.24) is 0 Å². The summed E-state index contributed by atoms with van der Waals surface area (Å²) < 4.78 is 9.90. The quantitative estimate of drug-likeness (QED) is 0.358. The molecule has 1 saturated heterocycles. The van der Waals surface area contributed by atoms with Crippen LogP contribution in [0.15, 0.2) is 0 Å². The normalized spacial score (nSPS) is 27.6. The fraction of sp³-hybridized carbons (Fsp3) is 0.833. The zero-order chi connectivity index (χ0) is 7.78. The van der Waals surface area contributed by atoms with Crippen LogP contribution in [0.1, 0.15) is 13.8 Å². The van der Waals surface area contributed by atoms with Gasteiger partial charge in [-0.05, 0) is 13.8 Å². The van der Waals surface area contributed by atoms with E-state index in [2.05, 4.69) is 0 Å². The standard InChI is InChI=1S/C6H10O4.Li/c1-6(2)9-3-4(10-6)5(7)8;/h4H,3H2,1-2H3,(H,7,8);/q;+1/p-1/t4-;/m1./s1. The molecule has 4 nitrogen and oxygen atoms in total. The average molecular weight is 152 g/mol. The molecular formula is C6H9LiO4. The van der Waals surface area contributed by atoms with Gasteiger partial charge < -0.3 is 19.4 Å². The summed E-state index contributed by atoms with van der Waals surface area (Å²) in [6.45, 7) is 3.40. The van der Waals surface area contributed by atoms with Gasteiger partial charge in [-0.2, -0.15) is 0 Å². The monoisotopic (exact) mass is 152 g/mol. The first-order chi connectivity index (χ1) is 4.51. The maximum absolute atomic E-state index is 10.2. The predicted octanol–water partition coefficient (Wildman–Crippen LogP) is -4.11. The number of hydrogen-bond donors (Lipinski definition) is 0. The van der Waals surface area contributed by atoms with Crippen molar-refractivity contribution in [2.45, 2.75) is 25.7 Å². The van der Waals surface area contributed by atoms with E-state index in [1.807, 2.05) is 0 Å². The van der Waals surface area contributed by atoms with Gasteiger partial charge in [-0.1, -0.05) is 0 Å². The molecule has 5 heteroatoms. The molecule has 1 aliphatic heterocycles. The number of rotatable bonds is 1. The summed E-state index contributed by atoms with van der Waals surface area (Å²) in [4.78, 5) is 10.2. The van der Waals surface area contributed by atoms with Crippen molar-refractivity contribution in [1.29, 1.82) is 0 Å². The first kappa shape index (κ1) is 11.0. The van der Waals surface area contributed by atoms with Crippen molar-refractivity contribution in [3.63, 3.8) is 0 Å². The van der Waals surface area contributed by atoms with Gasteiger partial charge in [0.1, 0.15) is 6.10 Å². The molecule has 58 valence electrons. The Bertz CT molecular complexity index is 157. The molecule has 0 amide bonds. The fourth-order valence-electron chi connectivity index (χ4n) is 0.803. The van der Waals surface area contributed by atoms with Crippen molar-refractivity contribution < 1.29 is 38.2 Å². The molecule has 0 unspecified atom stereocenters. The molecule has 0 aromatic rings. The maximum atomic E-state index is 10.2. The summed E-state index contributed by atoms with van der Waals surface area (Å²) in [5, 5.41) is 10.2. The summed E-state index contributed by atoms with van der Waals surface area (Å²) in [6, 6.07) is 0. The van der Waals surface area contributed by atoms with Gasteiger partial charge in [0.05, 0.1) is 12.6 Å². The number of carboxylic acids is 1. The molecule has 0 spiro atoms. The number of ether oxygens (including phenoxy) is 2. The summed E-state index contributed by atoms with van der Waals surface area (Å²) in [6.07, 6.45) is -0.907. The maximum Gasteiger partial charge on any atom is 1.00 e. The van der Waals surface area contributed by atoms with Gasteiger partial charge in [0.15, 0.2) is 5.79 Å². The van der Waals surface area contributed by atoms with E-state index in [4.69, 9.17) is 9.47 Å². The van der Waals surface area contributed by atoms with Gasteiger partial charge in [-0.25, -0.2) is 0 Å². The third-order valence-corrected chi connectivity index (χ3v) is 1.27. The Kier molecular flexibility index (Phi) is 3.59. The minimum atomic E-state index is -1.22. The van der Waals surface area contributed by atoms with Crippen molar-refractivity contribution in [2.24, 2.45) is 0 Å². The van der Waals surface area contributed by atoms with E-state index in [0.717, 1.165) is 0 Å². The Labute approximate surface area is 77.0 Å². The van der Waals surface area contributed by atoms with Gasteiger partial charge in [0, 0.05) is 0 Å². The van der Waals surface area contributed by atoms with E-state index in [1.54, 1.807) is 13.8 Å². The molecular weight excluding hydrogens is 143 g/mol. The van der Waals surface area contributed by atoms with Crippen molar-refractivity contribution in [2.75, 3.05) is 6.61 Å². The van der Waals surface area contributed by atoms with E-state index < -0.39 is 17.9 Å². The molecule has 0 N–H and O–H groups in total. The SMILES string of the molecule is CC1(C)OC[C@H](C(=O)[O-])O1.[Li+]. The molecule has 1 fully saturated rings. The molecule has 0 aromatic heterocycles. The summed E-state index contributed by atoms with van der Waals surface area (Å²) in [5.41, 5.74) is 0. The number of carbonyl (C=O) groups is 1. The van der Waals surface area contributed by atoms with Crippen LogP contribution in [0.5, 0.6) is 0 Å². The first-order valence-corrected chi connectivity index (χ1v) is 3.04. The van der Waals surface area contributed by atoms with Crippen molar-refractivity contribution in [3.8, 4) is 0 Å². The first-order valence-electron chi connectivity index (χ1n) is 3.04. The summed E-state index contributed by atoms with van der Waals surface area (Å²) >= 11 is 0. The third kappa shape index (κ3) is 2.84. The number of carbonyl (C=O) groups excluding carboxylic acids is 1. The van der Waals surface area contributed by atoms with Crippen molar-refractivity contribution in [3.05, 3.63) is 0 Å². The Balaban J connectivity index is 0.000001000. The van der Waals surface area contributed by atoms with Crippen LogP contribution in [0.25, 0.3) is 0 Å². The molecule has 0 aliphatic carbocycles. The van der Waals surface area contributed by atoms with Crippen LogP contribution in [0.3, 0.4) is 0 Å². The molecule has 0 radical (unpaired) electrons. The smallest absolute Gasteiger partial charge is 0.547 e. The Morgan fingerprint density at radius 2 is 2.18 bits per heavy atom. The van der Waals surface area contributed by atoms with Crippen LogP contribution < -0.4 is 24.0 Å². The zero-order valence-electron chi connectivity index (χ0n) is 6.92. The molecule has 0 bridgehead atoms. The van der Waals surface area contributed by atoms with Gasteiger partial charge in [-0.15, -0.1) is 0 Å². The zero-order valence-corrected chi connectivity index (χ0v) is 6.92. The number of aliphatic carboxylic acids is 1. The van der Waals surface area contributed by atoms with Crippen LogP contribution in [0.4, 0.5) is 0 Å². The van der Waals surface area contributed by atoms with E-state index >= 15 is 0 Å². The third-order valence-electron chi connectivity index (χ3n) is 1.27. The second-order valence-corrected chi connectivity index (χ2v) is 2.64. The van der Waals surface area contributed by atoms with Crippen molar-refractivity contribution >= 4 is 5.97 Å². The van der Waals surface area contributed by atoms with Crippen LogP contribution in [0.2, 0.25) is 0 Å².